The number of hydrogen-bond donors (Lipinski definition) is 1. The second kappa shape index (κ2) is 7.93. The molecule has 0 bridgehead atoms. The van der Waals surface area contributed by atoms with Gasteiger partial charge in [0.15, 0.2) is 0 Å². The lowest BCUT2D eigenvalue weighted by molar-refractivity contribution is -0.945. The van der Waals surface area contributed by atoms with E-state index in [1.807, 2.05) is 49.4 Å². The Bertz CT molecular complexity index is 1310. The molecule has 0 aliphatic carbocycles. The number of aryl methyl sites for hydroxylation is 1. The Morgan fingerprint density at radius 3 is 2.68 bits per heavy atom. The molecule has 5 heteroatoms. The van der Waals surface area contributed by atoms with Gasteiger partial charge in [0.25, 0.3) is 0 Å². The summed E-state index contributed by atoms with van der Waals surface area (Å²) >= 11 is 0. The Hall–Kier alpha value is -3.57. The summed E-state index contributed by atoms with van der Waals surface area (Å²) in [6.45, 7) is 4.19. The SMILES string of the molecule is COc1cccc(C[NH+]2COc3c(cc4c(-c5ccccc5)cc(=O)oc4c3C)C2)c1. The predicted octanol–water partition coefficient (Wildman–Crippen LogP) is 3.71. The molecule has 1 aliphatic rings. The number of benzene rings is 3. The summed E-state index contributed by atoms with van der Waals surface area (Å²) in [5, 5.41) is 0.938. The molecule has 1 atom stereocenters. The predicted molar refractivity (Wildman–Crippen MR) is 120 cm³/mol. The van der Waals surface area contributed by atoms with Gasteiger partial charge in [0.2, 0.25) is 6.73 Å². The summed E-state index contributed by atoms with van der Waals surface area (Å²) in [7, 11) is 1.68. The van der Waals surface area contributed by atoms with Gasteiger partial charge >= 0.3 is 5.63 Å². The molecule has 1 aromatic heterocycles. The number of hydrogen-bond acceptors (Lipinski definition) is 4. The molecule has 5 rings (SSSR count). The van der Waals surface area contributed by atoms with E-state index in [0.29, 0.717) is 12.3 Å². The highest BCUT2D eigenvalue weighted by Crippen LogP contribution is 2.36. The molecule has 1 aliphatic heterocycles. The summed E-state index contributed by atoms with van der Waals surface area (Å²) in [5.74, 6) is 1.69. The molecular formula is C26H24NO4+. The van der Waals surface area contributed by atoms with E-state index in [0.717, 1.165) is 52.2 Å². The molecule has 0 spiro atoms. The zero-order valence-electron chi connectivity index (χ0n) is 17.6. The number of ether oxygens (including phenoxy) is 2. The van der Waals surface area contributed by atoms with E-state index in [1.54, 1.807) is 13.2 Å². The standard InChI is InChI=1S/C26H23NO4/c1-17-25-20(15-27(16-30-25)14-18-7-6-10-21(11-18)29-2)12-23-22(13-24(28)31-26(17)23)19-8-4-3-5-9-19/h3-13H,14-16H2,1-2H3/p+1. The maximum Gasteiger partial charge on any atom is 0.336 e. The van der Waals surface area contributed by atoms with Crippen molar-refractivity contribution in [3.8, 4) is 22.6 Å². The fraction of sp³-hybridized carbons (Fsp3) is 0.192. The van der Waals surface area contributed by atoms with Crippen LogP contribution in [0.5, 0.6) is 11.5 Å². The van der Waals surface area contributed by atoms with E-state index < -0.39 is 0 Å². The summed E-state index contributed by atoms with van der Waals surface area (Å²) in [6, 6.07) is 21.8. The highest BCUT2D eigenvalue weighted by Gasteiger charge is 2.25. The Morgan fingerprint density at radius 2 is 1.87 bits per heavy atom. The van der Waals surface area contributed by atoms with Gasteiger partial charge in [0.05, 0.1) is 7.11 Å². The summed E-state index contributed by atoms with van der Waals surface area (Å²) < 4.78 is 17.1. The first-order valence-electron chi connectivity index (χ1n) is 10.4. The van der Waals surface area contributed by atoms with Crippen molar-refractivity contribution in [2.45, 2.75) is 20.0 Å². The molecular weight excluding hydrogens is 390 g/mol. The van der Waals surface area contributed by atoms with Crippen molar-refractivity contribution in [1.29, 1.82) is 0 Å². The molecule has 0 fully saturated rings. The topological polar surface area (TPSA) is 53.1 Å². The van der Waals surface area contributed by atoms with Crippen LogP contribution in [0.25, 0.3) is 22.1 Å². The first-order valence-corrected chi connectivity index (χ1v) is 10.4. The lowest BCUT2D eigenvalue weighted by atomic mass is 9.97. The zero-order valence-corrected chi connectivity index (χ0v) is 17.6. The number of fused-ring (bicyclic) bond motifs is 2. The molecule has 5 nitrogen and oxygen atoms in total. The van der Waals surface area contributed by atoms with Gasteiger partial charge in [-0.1, -0.05) is 42.5 Å². The zero-order chi connectivity index (χ0) is 21.4. The Labute approximate surface area is 180 Å². The van der Waals surface area contributed by atoms with Crippen LogP contribution < -0.4 is 20.0 Å². The summed E-state index contributed by atoms with van der Waals surface area (Å²) in [5.41, 5.74) is 5.34. The fourth-order valence-electron chi connectivity index (χ4n) is 4.38. The van der Waals surface area contributed by atoms with Crippen molar-refractivity contribution in [1.82, 2.24) is 0 Å². The van der Waals surface area contributed by atoms with Crippen LogP contribution in [0.1, 0.15) is 16.7 Å². The molecule has 4 aromatic rings. The van der Waals surface area contributed by atoms with Gasteiger partial charge in [-0.15, -0.1) is 0 Å². The van der Waals surface area contributed by atoms with Crippen molar-refractivity contribution in [2.24, 2.45) is 0 Å². The normalized spacial score (nSPS) is 15.4. The highest BCUT2D eigenvalue weighted by atomic mass is 16.5. The van der Waals surface area contributed by atoms with Crippen molar-refractivity contribution < 1.29 is 18.8 Å². The van der Waals surface area contributed by atoms with Gasteiger partial charge in [0.1, 0.15) is 30.2 Å². The van der Waals surface area contributed by atoms with E-state index in [4.69, 9.17) is 13.9 Å². The number of nitrogens with one attached hydrogen (secondary N) is 1. The second-order valence-electron chi connectivity index (χ2n) is 7.96. The van der Waals surface area contributed by atoms with E-state index in [2.05, 4.69) is 18.2 Å². The number of rotatable bonds is 4. The van der Waals surface area contributed by atoms with Crippen molar-refractivity contribution in [2.75, 3.05) is 13.8 Å². The monoisotopic (exact) mass is 414 g/mol. The van der Waals surface area contributed by atoms with Crippen LogP contribution in [0.2, 0.25) is 0 Å². The van der Waals surface area contributed by atoms with Crippen LogP contribution >= 0.6 is 0 Å². The van der Waals surface area contributed by atoms with Crippen LogP contribution in [0, 0.1) is 6.92 Å². The maximum atomic E-state index is 12.3. The second-order valence-corrected chi connectivity index (χ2v) is 7.96. The molecule has 3 aromatic carbocycles. The third-order valence-corrected chi connectivity index (χ3v) is 5.83. The Balaban J connectivity index is 1.55. The lowest BCUT2D eigenvalue weighted by Gasteiger charge is -2.28. The minimum absolute atomic E-state index is 0.351. The molecule has 0 saturated heterocycles. The van der Waals surface area contributed by atoms with Crippen LogP contribution in [0.3, 0.4) is 0 Å². The third kappa shape index (κ3) is 3.68. The quantitative estimate of drug-likeness (QED) is 0.517. The molecule has 1 unspecified atom stereocenters. The van der Waals surface area contributed by atoms with E-state index in [9.17, 15) is 4.79 Å². The smallest absolute Gasteiger partial charge is 0.336 e. The first kappa shape index (κ1) is 19.4. The average molecular weight is 414 g/mol. The highest BCUT2D eigenvalue weighted by molar-refractivity contribution is 5.96. The van der Waals surface area contributed by atoms with Crippen molar-refractivity contribution in [3.63, 3.8) is 0 Å². The lowest BCUT2D eigenvalue weighted by Crippen LogP contribution is -3.10. The Kier molecular flexibility index (Phi) is 4.96. The summed E-state index contributed by atoms with van der Waals surface area (Å²) in [6.07, 6.45) is 0. The van der Waals surface area contributed by atoms with Gasteiger partial charge < -0.3 is 13.9 Å². The van der Waals surface area contributed by atoms with Crippen LogP contribution in [0.15, 0.2) is 75.9 Å². The number of quaternary nitrogens is 1. The molecule has 2 heterocycles. The van der Waals surface area contributed by atoms with Crippen LogP contribution in [-0.4, -0.2) is 13.8 Å². The molecule has 31 heavy (non-hydrogen) atoms. The fourth-order valence-corrected chi connectivity index (χ4v) is 4.38. The first-order chi connectivity index (χ1) is 15.1. The van der Waals surface area contributed by atoms with Gasteiger partial charge in [0, 0.05) is 28.1 Å². The molecule has 156 valence electrons. The van der Waals surface area contributed by atoms with Crippen molar-refractivity contribution >= 4 is 11.0 Å². The largest absolute Gasteiger partial charge is 0.497 e. The van der Waals surface area contributed by atoms with Gasteiger partial charge in [-0.25, -0.2) is 4.79 Å². The molecule has 0 radical (unpaired) electrons. The maximum absolute atomic E-state index is 12.3. The summed E-state index contributed by atoms with van der Waals surface area (Å²) in [4.78, 5) is 13.6. The van der Waals surface area contributed by atoms with Crippen LogP contribution in [-0.2, 0) is 13.1 Å². The van der Waals surface area contributed by atoms with Gasteiger partial charge in [-0.2, -0.15) is 0 Å². The molecule has 0 saturated carbocycles. The van der Waals surface area contributed by atoms with Crippen LogP contribution in [0.4, 0.5) is 0 Å². The molecule has 0 amide bonds. The third-order valence-electron chi connectivity index (χ3n) is 5.83. The van der Waals surface area contributed by atoms with E-state index >= 15 is 0 Å². The Morgan fingerprint density at radius 1 is 1.03 bits per heavy atom. The van der Waals surface area contributed by atoms with Gasteiger partial charge in [-0.3, -0.25) is 4.90 Å². The minimum Gasteiger partial charge on any atom is -0.497 e. The molecule has 1 N–H and O–H groups in total. The number of methoxy groups -OCH3 is 1. The minimum atomic E-state index is -0.351. The van der Waals surface area contributed by atoms with Gasteiger partial charge in [-0.05, 0) is 36.2 Å². The van der Waals surface area contributed by atoms with E-state index in [1.165, 1.54) is 10.5 Å². The van der Waals surface area contributed by atoms with Crippen molar-refractivity contribution in [3.05, 3.63) is 93.8 Å². The average Bonchev–Trinajstić information content (AvgIpc) is 2.80. The van der Waals surface area contributed by atoms with E-state index in [-0.39, 0.29) is 5.63 Å².